The molecule has 3 rings (SSSR count). The number of piperidine rings is 1. The van der Waals surface area contributed by atoms with Crippen LogP contribution in [0.25, 0.3) is 10.2 Å². The Morgan fingerprint density at radius 3 is 2.70 bits per heavy atom. The second-order valence-electron chi connectivity index (χ2n) is 6.90. The second-order valence-corrected chi connectivity index (χ2v) is 8.89. The molecule has 7 nitrogen and oxygen atoms in total. The number of nitrogens with zero attached hydrogens (tertiary/aromatic N) is 3. The van der Waals surface area contributed by atoms with Gasteiger partial charge in [-0.05, 0) is 37.5 Å². The summed E-state index contributed by atoms with van der Waals surface area (Å²) in [4.78, 5) is 43.1. The summed E-state index contributed by atoms with van der Waals surface area (Å²) in [7, 11) is 1.34. The number of benzene rings is 1. The van der Waals surface area contributed by atoms with Crippen molar-refractivity contribution >= 4 is 51.1 Å². The summed E-state index contributed by atoms with van der Waals surface area (Å²) in [6.45, 7) is 5.89. The molecule has 0 unspecified atom stereocenters. The quantitative estimate of drug-likeness (QED) is 0.482. The lowest BCUT2D eigenvalue weighted by Crippen LogP contribution is -2.36. The van der Waals surface area contributed by atoms with Crippen molar-refractivity contribution in [3.63, 3.8) is 0 Å². The van der Waals surface area contributed by atoms with E-state index < -0.39 is 5.97 Å². The smallest absolute Gasteiger partial charge is 0.337 e. The molecular weight excluding hydrogens is 422 g/mol. The van der Waals surface area contributed by atoms with Crippen molar-refractivity contribution in [2.24, 2.45) is 4.99 Å². The van der Waals surface area contributed by atoms with Gasteiger partial charge in [-0.1, -0.05) is 17.4 Å². The highest BCUT2D eigenvalue weighted by atomic mass is 32.2. The van der Waals surface area contributed by atoms with Gasteiger partial charge in [-0.2, -0.15) is 4.99 Å². The van der Waals surface area contributed by atoms with Crippen LogP contribution in [0.2, 0.25) is 0 Å². The number of amides is 2. The van der Waals surface area contributed by atoms with Gasteiger partial charge in [-0.25, -0.2) is 4.79 Å². The highest BCUT2D eigenvalue weighted by molar-refractivity contribution is 8.00. The monoisotopic (exact) mass is 447 g/mol. The average Bonchev–Trinajstić information content (AvgIpc) is 3.10. The van der Waals surface area contributed by atoms with E-state index in [-0.39, 0.29) is 17.6 Å². The summed E-state index contributed by atoms with van der Waals surface area (Å²) >= 11 is 2.63. The van der Waals surface area contributed by atoms with E-state index in [2.05, 4.69) is 11.6 Å². The average molecular weight is 448 g/mol. The van der Waals surface area contributed by atoms with Gasteiger partial charge < -0.3 is 14.2 Å². The van der Waals surface area contributed by atoms with Gasteiger partial charge in [-0.15, -0.1) is 18.3 Å². The number of methoxy groups -OCH3 is 1. The summed E-state index contributed by atoms with van der Waals surface area (Å²) in [5.41, 5.74) is 1.31. The molecule has 1 aromatic carbocycles. The van der Waals surface area contributed by atoms with E-state index in [1.165, 1.54) is 36.6 Å². The molecule has 30 heavy (non-hydrogen) atoms. The van der Waals surface area contributed by atoms with Crippen molar-refractivity contribution in [3.8, 4) is 0 Å². The molecule has 2 aromatic rings. The number of thiazole rings is 1. The van der Waals surface area contributed by atoms with Crippen LogP contribution in [0.5, 0.6) is 0 Å². The highest BCUT2D eigenvalue weighted by Crippen LogP contribution is 2.20. The standard InChI is InChI=1S/C21H25N3O4S2/c1-3-9-24-16-8-7-15(20(27)28-2)12-17(16)30-21(24)22-18(25)13-29-14-19(26)23-10-5-4-6-11-23/h3,7-8,12H,1,4-6,9-11,13-14H2,2H3. The number of fused-ring (bicyclic) bond motifs is 1. The summed E-state index contributed by atoms with van der Waals surface area (Å²) in [5, 5.41) is 0. The first-order valence-corrected chi connectivity index (χ1v) is 11.8. The number of ether oxygens (including phenoxy) is 1. The van der Waals surface area contributed by atoms with Gasteiger partial charge in [0.15, 0.2) is 4.80 Å². The number of rotatable bonds is 7. The Bertz CT molecular complexity index is 1020. The zero-order valence-corrected chi connectivity index (χ0v) is 18.6. The zero-order valence-electron chi connectivity index (χ0n) is 17.0. The normalized spacial score (nSPS) is 14.7. The number of hydrogen-bond acceptors (Lipinski definition) is 6. The Morgan fingerprint density at radius 1 is 1.23 bits per heavy atom. The van der Waals surface area contributed by atoms with Crippen molar-refractivity contribution in [2.45, 2.75) is 25.8 Å². The van der Waals surface area contributed by atoms with Crippen LogP contribution in [0.3, 0.4) is 0 Å². The van der Waals surface area contributed by atoms with Crippen LogP contribution in [0.4, 0.5) is 0 Å². The van der Waals surface area contributed by atoms with Gasteiger partial charge in [0, 0.05) is 19.6 Å². The number of hydrogen-bond donors (Lipinski definition) is 0. The molecule has 9 heteroatoms. The maximum absolute atomic E-state index is 12.4. The molecule has 1 saturated heterocycles. The molecule has 0 bridgehead atoms. The molecule has 1 fully saturated rings. The maximum Gasteiger partial charge on any atom is 0.337 e. The maximum atomic E-state index is 12.4. The number of likely N-dealkylation sites (tertiary alicyclic amines) is 1. The van der Waals surface area contributed by atoms with Crippen LogP contribution in [0, 0.1) is 0 Å². The van der Waals surface area contributed by atoms with Crippen LogP contribution in [0.15, 0.2) is 35.8 Å². The Labute approximate surface area is 183 Å². The largest absolute Gasteiger partial charge is 0.465 e. The number of allylic oxidation sites excluding steroid dienone is 1. The van der Waals surface area contributed by atoms with Gasteiger partial charge in [-0.3, -0.25) is 9.59 Å². The van der Waals surface area contributed by atoms with Crippen LogP contribution in [-0.4, -0.2) is 59.0 Å². The van der Waals surface area contributed by atoms with Crippen molar-refractivity contribution < 1.29 is 19.1 Å². The molecule has 0 saturated carbocycles. The Balaban J connectivity index is 1.72. The SMILES string of the molecule is C=CCn1c(=NC(=O)CSCC(=O)N2CCCCC2)sc2cc(C(=O)OC)ccc21. The number of thioether (sulfide) groups is 1. The Hall–Kier alpha value is -2.39. The third kappa shape index (κ3) is 5.40. The van der Waals surface area contributed by atoms with Crippen molar-refractivity contribution in [2.75, 3.05) is 31.7 Å². The highest BCUT2D eigenvalue weighted by Gasteiger charge is 2.17. The molecule has 1 aromatic heterocycles. The summed E-state index contributed by atoms with van der Waals surface area (Å²) in [6.07, 6.45) is 5.01. The van der Waals surface area contributed by atoms with Gasteiger partial charge in [0.1, 0.15) is 0 Å². The molecule has 2 heterocycles. The minimum absolute atomic E-state index is 0.0893. The second kappa shape index (κ2) is 10.6. The molecule has 0 atom stereocenters. The lowest BCUT2D eigenvalue weighted by Gasteiger charge is -2.26. The topological polar surface area (TPSA) is 81.0 Å². The number of carbonyl (C=O) groups excluding carboxylic acids is 3. The van der Waals surface area contributed by atoms with E-state index in [1.807, 2.05) is 15.5 Å². The van der Waals surface area contributed by atoms with Crippen LogP contribution < -0.4 is 4.80 Å². The first kappa shape index (κ1) is 22.3. The minimum Gasteiger partial charge on any atom is -0.465 e. The predicted molar refractivity (Wildman–Crippen MR) is 120 cm³/mol. The lowest BCUT2D eigenvalue weighted by atomic mass is 10.1. The molecule has 0 spiro atoms. The van der Waals surface area contributed by atoms with E-state index in [9.17, 15) is 14.4 Å². The van der Waals surface area contributed by atoms with Gasteiger partial charge >= 0.3 is 5.97 Å². The third-order valence-electron chi connectivity index (χ3n) is 4.80. The van der Waals surface area contributed by atoms with E-state index in [4.69, 9.17) is 4.74 Å². The lowest BCUT2D eigenvalue weighted by molar-refractivity contribution is -0.129. The van der Waals surface area contributed by atoms with Crippen LogP contribution >= 0.6 is 23.1 Å². The summed E-state index contributed by atoms with van der Waals surface area (Å²) in [6, 6.07) is 5.24. The molecule has 160 valence electrons. The summed E-state index contributed by atoms with van der Waals surface area (Å²) in [5.74, 6) is -0.168. The van der Waals surface area contributed by atoms with Crippen LogP contribution in [0.1, 0.15) is 29.6 Å². The third-order valence-corrected chi connectivity index (χ3v) is 6.74. The van der Waals surface area contributed by atoms with Crippen LogP contribution in [-0.2, 0) is 20.9 Å². The molecular formula is C21H25N3O4S2. The van der Waals surface area contributed by atoms with Crippen molar-refractivity contribution in [1.29, 1.82) is 0 Å². The number of carbonyl (C=O) groups is 3. The number of aromatic nitrogens is 1. The predicted octanol–water partition coefficient (Wildman–Crippen LogP) is 2.85. The fourth-order valence-corrected chi connectivity index (χ4v) is 5.10. The summed E-state index contributed by atoms with van der Waals surface area (Å²) < 4.78 is 7.49. The van der Waals surface area contributed by atoms with Gasteiger partial charge in [0.2, 0.25) is 5.91 Å². The Kier molecular flexibility index (Phi) is 7.87. The van der Waals surface area contributed by atoms with Gasteiger partial charge in [0.05, 0.1) is 34.4 Å². The van der Waals surface area contributed by atoms with E-state index >= 15 is 0 Å². The fraction of sp³-hybridized carbons (Fsp3) is 0.429. The van der Waals surface area contributed by atoms with E-state index in [1.54, 1.807) is 18.2 Å². The molecule has 0 aliphatic carbocycles. The van der Waals surface area contributed by atoms with Crippen molar-refractivity contribution in [1.82, 2.24) is 9.47 Å². The number of esters is 1. The van der Waals surface area contributed by atoms with Crippen molar-refractivity contribution in [3.05, 3.63) is 41.2 Å². The molecule has 0 N–H and O–H groups in total. The molecule has 0 radical (unpaired) electrons. The Morgan fingerprint density at radius 2 is 2.00 bits per heavy atom. The zero-order chi connectivity index (χ0) is 21.5. The molecule has 1 aliphatic rings. The molecule has 1 aliphatic heterocycles. The van der Waals surface area contributed by atoms with Gasteiger partial charge in [0.25, 0.3) is 5.91 Å². The first-order chi connectivity index (χ1) is 14.5. The van der Waals surface area contributed by atoms with E-state index in [0.29, 0.717) is 22.7 Å². The fourth-order valence-electron chi connectivity index (χ4n) is 3.31. The minimum atomic E-state index is -0.412. The first-order valence-electron chi connectivity index (χ1n) is 9.79. The van der Waals surface area contributed by atoms with E-state index in [0.717, 1.165) is 36.1 Å². The molecule has 2 amide bonds.